The van der Waals surface area contributed by atoms with Crippen LogP contribution in [0.4, 0.5) is 33.5 Å². The van der Waals surface area contributed by atoms with E-state index in [2.05, 4.69) is 42.5 Å². The highest BCUT2D eigenvalue weighted by molar-refractivity contribution is 6.23. The van der Waals surface area contributed by atoms with E-state index in [4.69, 9.17) is 10.7 Å². The third-order valence-corrected chi connectivity index (χ3v) is 12.4. The minimum Gasteiger partial charge on any atom is -0.371 e. The molecule has 1 aromatic heterocycles. The summed E-state index contributed by atoms with van der Waals surface area (Å²) >= 11 is 0. The summed E-state index contributed by atoms with van der Waals surface area (Å²) in [6.45, 7) is 6.19. The average molecular weight is 776 g/mol. The number of hydrogen-bond acceptors (Lipinski definition) is 12. The van der Waals surface area contributed by atoms with Crippen LogP contribution in [0, 0.1) is 5.41 Å². The lowest BCUT2D eigenvalue weighted by Crippen LogP contribution is -2.63. The van der Waals surface area contributed by atoms with Crippen molar-refractivity contribution in [2.24, 2.45) is 11.1 Å². The fraction of sp³-hybridized carbons (Fsp3) is 0.450. The third kappa shape index (κ3) is 6.53. The molecule has 0 aliphatic carbocycles. The van der Waals surface area contributed by atoms with Gasteiger partial charge in [0.25, 0.3) is 17.7 Å². The van der Waals surface area contributed by atoms with Gasteiger partial charge in [-0.3, -0.25) is 34.2 Å². The van der Waals surface area contributed by atoms with Gasteiger partial charge >= 0.3 is 6.03 Å². The number of benzene rings is 2. The van der Waals surface area contributed by atoms with Crippen molar-refractivity contribution in [3.8, 4) is 0 Å². The van der Waals surface area contributed by atoms with Gasteiger partial charge in [-0.1, -0.05) is 0 Å². The molecule has 0 bridgehead atoms. The zero-order chi connectivity index (χ0) is 39.6. The molecule has 1 unspecified atom stereocenters. The van der Waals surface area contributed by atoms with E-state index in [-0.39, 0.29) is 53.0 Å². The number of amides is 7. The van der Waals surface area contributed by atoms with Crippen LogP contribution in [-0.2, 0) is 9.59 Å². The molecule has 57 heavy (non-hydrogen) atoms. The van der Waals surface area contributed by atoms with E-state index in [0.717, 1.165) is 80.4 Å². The van der Waals surface area contributed by atoms with Gasteiger partial charge < -0.3 is 35.6 Å². The molecule has 7 heterocycles. The molecule has 9 rings (SSSR count). The van der Waals surface area contributed by atoms with Crippen molar-refractivity contribution in [3.63, 3.8) is 0 Å². The molecule has 4 N–H and O–H groups in total. The number of carbonyl (C=O) groups is 6. The van der Waals surface area contributed by atoms with E-state index in [0.29, 0.717) is 25.5 Å². The summed E-state index contributed by atoms with van der Waals surface area (Å²) in [5.74, 6) is -1.83. The van der Waals surface area contributed by atoms with E-state index in [1.54, 1.807) is 23.2 Å². The Morgan fingerprint density at radius 3 is 2.33 bits per heavy atom. The van der Waals surface area contributed by atoms with Crippen LogP contribution in [0.2, 0.25) is 0 Å². The number of urea groups is 1. The molecule has 7 amide bonds. The molecular weight excluding hydrogens is 731 g/mol. The minimum atomic E-state index is -0.994. The normalized spacial score (nSPS) is 23.3. The van der Waals surface area contributed by atoms with Crippen LogP contribution in [-0.4, -0.2) is 132 Å². The SMILES string of the molecule is CN1CCN([C@H]2CCCN(c3cnc(C(N)=O)c(Nc4ccc(N5CCCC6(C5)CN(c5ccc7c(c5)C(=O)N(C5CCC(=O)NC5=O)C7=O)C6)cc4)n3)C2)C1=O. The lowest BCUT2D eigenvalue weighted by atomic mass is 9.73. The number of fused-ring (bicyclic) bond motifs is 1. The lowest BCUT2D eigenvalue weighted by molar-refractivity contribution is -0.136. The maximum atomic E-state index is 13.4. The minimum absolute atomic E-state index is 0.0474. The lowest BCUT2D eigenvalue weighted by Gasteiger charge is -2.56. The molecule has 296 valence electrons. The predicted molar refractivity (Wildman–Crippen MR) is 209 cm³/mol. The molecule has 6 aliphatic rings. The summed E-state index contributed by atoms with van der Waals surface area (Å²) in [6.07, 6.45) is 5.69. The third-order valence-electron chi connectivity index (χ3n) is 12.4. The standard InChI is InChI=1S/C40H45N11O6/c1-46-16-17-50(39(46)57)27-4-2-14-47(20-27)31-19-42-33(34(41)53)35(44-31)43-24-5-7-25(8-6-24)48-15-3-13-40(21-48)22-49(23-40)26-9-10-28-29(18-26)38(56)51(37(28)55)30-11-12-32(52)45-36(30)54/h5-10,18-19,27,30H,2-4,11-17,20-23H2,1H3,(H2,41,53)(H,43,44)(H,45,52,54)/t27-,30?/m0/s1. The van der Waals surface area contributed by atoms with Crippen LogP contribution >= 0.6 is 0 Å². The summed E-state index contributed by atoms with van der Waals surface area (Å²) in [6, 6.07) is 12.4. The van der Waals surface area contributed by atoms with Crippen LogP contribution in [0.15, 0.2) is 48.7 Å². The topological polar surface area (TPSA) is 198 Å². The van der Waals surface area contributed by atoms with E-state index < -0.39 is 35.6 Å². The number of primary amides is 1. The first-order chi connectivity index (χ1) is 27.5. The number of hydrogen-bond donors (Lipinski definition) is 3. The van der Waals surface area contributed by atoms with Crippen molar-refractivity contribution in [1.82, 2.24) is 30.0 Å². The second-order valence-electron chi connectivity index (χ2n) is 16.2. The Labute approximate surface area is 329 Å². The van der Waals surface area contributed by atoms with Gasteiger partial charge in [0, 0.05) is 88.3 Å². The number of likely N-dealkylation sites (N-methyl/N-ethyl adjacent to an activating group) is 1. The van der Waals surface area contributed by atoms with Crippen molar-refractivity contribution >= 4 is 64.3 Å². The van der Waals surface area contributed by atoms with Gasteiger partial charge in [0.1, 0.15) is 11.9 Å². The highest BCUT2D eigenvalue weighted by Gasteiger charge is 2.48. The molecule has 2 aromatic carbocycles. The number of carbonyl (C=O) groups excluding carboxylic acids is 6. The zero-order valence-electron chi connectivity index (χ0n) is 31.8. The summed E-state index contributed by atoms with van der Waals surface area (Å²) in [5.41, 5.74) is 9.04. The number of piperidine rings is 3. The number of anilines is 5. The summed E-state index contributed by atoms with van der Waals surface area (Å²) in [7, 11) is 1.82. The smallest absolute Gasteiger partial charge is 0.320 e. The second-order valence-corrected chi connectivity index (χ2v) is 16.2. The Morgan fingerprint density at radius 2 is 1.60 bits per heavy atom. The Bertz CT molecular complexity index is 2190. The molecule has 17 nitrogen and oxygen atoms in total. The maximum absolute atomic E-state index is 13.4. The molecule has 5 fully saturated rings. The molecule has 17 heteroatoms. The van der Waals surface area contributed by atoms with Crippen LogP contribution in [0.1, 0.15) is 69.7 Å². The van der Waals surface area contributed by atoms with Crippen LogP contribution < -0.4 is 31.1 Å². The van der Waals surface area contributed by atoms with E-state index in [9.17, 15) is 28.8 Å². The van der Waals surface area contributed by atoms with Gasteiger partial charge in [-0.15, -0.1) is 0 Å². The Kier molecular flexibility index (Phi) is 8.96. The summed E-state index contributed by atoms with van der Waals surface area (Å²) < 4.78 is 0. The fourth-order valence-corrected chi connectivity index (χ4v) is 9.40. The monoisotopic (exact) mass is 775 g/mol. The van der Waals surface area contributed by atoms with Gasteiger partial charge in [-0.25, -0.2) is 14.8 Å². The molecule has 1 spiro atoms. The van der Waals surface area contributed by atoms with Crippen molar-refractivity contribution in [1.29, 1.82) is 0 Å². The van der Waals surface area contributed by atoms with Gasteiger partial charge in [0.05, 0.1) is 23.4 Å². The first-order valence-electron chi connectivity index (χ1n) is 19.6. The molecule has 0 radical (unpaired) electrons. The Morgan fingerprint density at radius 1 is 0.860 bits per heavy atom. The van der Waals surface area contributed by atoms with Crippen molar-refractivity contribution < 1.29 is 28.8 Å². The van der Waals surface area contributed by atoms with Crippen molar-refractivity contribution in [2.75, 3.05) is 79.4 Å². The molecule has 6 aliphatic heterocycles. The fourth-order valence-electron chi connectivity index (χ4n) is 9.40. The predicted octanol–water partition coefficient (Wildman–Crippen LogP) is 2.16. The number of aromatic nitrogens is 2. The highest BCUT2D eigenvalue weighted by Crippen LogP contribution is 2.43. The number of rotatable bonds is 8. The maximum Gasteiger partial charge on any atom is 0.320 e. The number of imide groups is 2. The second kappa shape index (κ2) is 14.0. The summed E-state index contributed by atoms with van der Waals surface area (Å²) in [4.78, 5) is 96.4. The van der Waals surface area contributed by atoms with Crippen LogP contribution in [0.5, 0.6) is 0 Å². The zero-order valence-corrected chi connectivity index (χ0v) is 31.8. The van der Waals surface area contributed by atoms with Gasteiger partial charge in [0.15, 0.2) is 11.5 Å². The Balaban J connectivity index is 0.842. The Hall–Kier alpha value is -6.26. The molecule has 5 saturated heterocycles. The van der Waals surface area contributed by atoms with Crippen LogP contribution in [0.25, 0.3) is 0 Å². The first kappa shape index (κ1) is 36.4. The summed E-state index contributed by atoms with van der Waals surface area (Å²) in [5, 5.41) is 5.52. The molecular formula is C40H45N11O6. The number of nitrogens with one attached hydrogen (secondary N) is 2. The van der Waals surface area contributed by atoms with Crippen LogP contribution in [0.3, 0.4) is 0 Å². The van der Waals surface area contributed by atoms with E-state index in [1.807, 2.05) is 30.1 Å². The van der Waals surface area contributed by atoms with Crippen molar-refractivity contribution in [2.45, 2.75) is 50.6 Å². The van der Waals surface area contributed by atoms with E-state index >= 15 is 0 Å². The molecule has 0 saturated carbocycles. The quantitative estimate of drug-likeness (QED) is 0.283. The average Bonchev–Trinajstić information content (AvgIpc) is 3.66. The van der Waals surface area contributed by atoms with Gasteiger partial charge in [-0.05, 0) is 74.6 Å². The number of nitrogens with zero attached hydrogens (tertiary/aromatic N) is 8. The first-order valence-corrected chi connectivity index (χ1v) is 19.6. The van der Waals surface area contributed by atoms with Gasteiger partial charge in [0.2, 0.25) is 11.8 Å². The largest absolute Gasteiger partial charge is 0.371 e. The van der Waals surface area contributed by atoms with Crippen molar-refractivity contribution in [3.05, 3.63) is 65.5 Å². The van der Waals surface area contributed by atoms with Gasteiger partial charge in [-0.2, -0.15) is 0 Å². The highest BCUT2D eigenvalue weighted by atomic mass is 16.2. The number of nitrogens with two attached hydrogens (primary N) is 1. The van der Waals surface area contributed by atoms with E-state index in [1.165, 1.54) is 0 Å². The molecule has 2 atom stereocenters. The molecule has 3 aromatic rings.